The third-order valence-electron chi connectivity index (χ3n) is 0.167. The first-order chi connectivity index (χ1) is 1.91. The third kappa shape index (κ3) is 11.9. The topological polar surface area (TPSA) is 17.1 Å². The standard InChI is InChI=1S/C3H6O.Na.H/c1-2-3-4;;/h3H,2H2,1H3;;/q;+1;-1. The van der Waals surface area contributed by atoms with Crippen LogP contribution in [-0.4, -0.2) is 6.29 Å². The molecule has 5 heavy (non-hydrogen) atoms. The molecule has 0 aliphatic rings. The Morgan fingerprint density at radius 1 is 2.00 bits per heavy atom. The molecule has 0 radical (unpaired) electrons. The Morgan fingerprint density at radius 2 is 2.20 bits per heavy atom. The molecular formula is C3H7NaO. The monoisotopic (exact) mass is 82.0 g/mol. The normalized spacial score (nSPS) is 5.00. The van der Waals surface area contributed by atoms with Crippen molar-refractivity contribution in [1.29, 1.82) is 0 Å². The van der Waals surface area contributed by atoms with Gasteiger partial charge in [0.15, 0.2) is 0 Å². The summed E-state index contributed by atoms with van der Waals surface area (Å²) in [5.74, 6) is 0. The van der Waals surface area contributed by atoms with Gasteiger partial charge in [-0.25, -0.2) is 0 Å². The number of rotatable bonds is 1. The molecule has 0 N–H and O–H groups in total. The Balaban J connectivity index is -0.0000000450. The molecule has 1 nitrogen and oxygen atoms in total. The Bertz CT molecular complexity index is 24.8. The van der Waals surface area contributed by atoms with Crippen LogP contribution in [0.2, 0.25) is 0 Å². The minimum Gasteiger partial charge on any atom is -1.00 e. The smallest absolute Gasteiger partial charge is 1.00 e. The van der Waals surface area contributed by atoms with Crippen LogP contribution in [0.25, 0.3) is 0 Å². The van der Waals surface area contributed by atoms with E-state index in [0.29, 0.717) is 6.42 Å². The van der Waals surface area contributed by atoms with Gasteiger partial charge in [0, 0.05) is 6.42 Å². The largest absolute Gasteiger partial charge is 1.00 e. The van der Waals surface area contributed by atoms with Crippen LogP contribution in [0.3, 0.4) is 0 Å². The fourth-order valence-corrected chi connectivity index (χ4v) is 0. The summed E-state index contributed by atoms with van der Waals surface area (Å²) in [6, 6.07) is 0. The molecule has 0 aliphatic carbocycles. The maximum absolute atomic E-state index is 9.17. The first kappa shape index (κ1) is 9.18. The molecule has 0 rings (SSSR count). The molecule has 0 atom stereocenters. The van der Waals surface area contributed by atoms with Crippen molar-refractivity contribution >= 4 is 6.29 Å². The predicted molar refractivity (Wildman–Crippen MR) is 17.5 cm³/mol. The maximum atomic E-state index is 9.17. The Kier molecular flexibility index (Phi) is 16.2. The van der Waals surface area contributed by atoms with Crippen LogP contribution in [-0.2, 0) is 4.79 Å². The van der Waals surface area contributed by atoms with Crippen LogP contribution in [0.1, 0.15) is 14.8 Å². The van der Waals surface area contributed by atoms with Gasteiger partial charge in [-0.05, 0) is 0 Å². The first-order valence-corrected chi connectivity index (χ1v) is 1.35. The molecule has 0 amide bonds. The zero-order valence-corrected chi connectivity index (χ0v) is 5.69. The first-order valence-electron chi connectivity index (χ1n) is 1.35. The fraction of sp³-hybridized carbons (Fsp3) is 0.667. The van der Waals surface area contributed by atoms with Crippen molar-refractivity contribution in [3.63, 3.8) is 0 Å². The summed E-state index contributed by atoms with van der Waals surface area (Å²) < 4.78 is 0. The Labute approximate surface area is 55.5 Å². The summed E-state index contributed by atoms with van der Waals surface area (Å²) >= 11 is 0. The van der Waals surface area contributed by atoms with Crippen molar-refractivity contribution in [2.24, 2.45) is 0 Å². The second-order valence-corrected chi connectivity index (χ2v) is 0.575. The van der Waals surface area contributed by atoms with E-state index in [0.717, 1.165) is 6.29 Å². The Hall–Kier alpha value is 0.670. The van der Waals surface area contributed by atoms with Crippen molar-refractivity contribution in [2.75, 3.05) is 0 Å². The SMILES string of the molecule is CCC=O.[H-].[Na+]. The molecule has 26 valence electrons. The molecule has 0 aromatic heterocycles. The van der Waals surface area contributed by atoms with Crippen molar-refractivity contribution in [3.05, 3.63) is 0 Å². The van der Waals surface area contributed by atoms with Gasteiger partial charge < -0.3 is 6.22 Å². The quantitative estimate of drug-likeness (QED) is 0.257. The summed E-state index contributed by atoms with van der Waals surface area (Å²) in [6.45, 7) is 1.81. The van der Waals surface area contributed by atoms with E-state index in [1.807, 2.05) is 6.92 Å². The molecule has 0 aromatic carbocycles. The van der Waals surface area contributed by atoms with Gasteiger partial charge >= 0.3 is 29.6 Å². The van der Waals surface area contributed by atoms with E-state index in [4.69, 9.17) is 0 Å². The summed E-state index contributed by atoms with van der Waals surface area (Å²) in [5, 5.41) is 0. The number of carbonyl (C=O) groups excluding carboxylic acids is 1. The molecule has 0 unspecified atom stereocenters. The van der Waals surface area contributed by atoms with Gasteiger partial charge in [-0.1, -0.05) is 6.92 Å². The summed E-state index contributed by atoms with van der Waals surface area (Å²) in [4.78, 5) is 9.17. The van der Waals surface area contributed by atoms with Gasteiger partial charge in [0.1, 0.15) is 6.29 Å². The number of aldehydes is 1. The minimum absolute atomic E-state index is 0. The molecule has 0 saturated carbocycles. The molecule has 0 heterocycles. The van der Waals surface area contributed by atoms with Crippen LogP contribution < -0.4 is 29.6 Å². The molecule has 0 bridgehead atoms. The van der Waals surface area contributed by atoms with Crippen LogP contribution in [0.15, 0.2) is 0 Å². The van der Waals surface area contributed by atoms with Gasteiger partial charge in [0.2, 0.25) is 0 Å². The zero-order chi connectivity index (χ0) is 3.41. The van der Waals surface area contributed by atoms with Crippen molar-refractivity contribution in [2.45, 2.75) is 13.3 Å². The summed E-state index contributed by atoms with van der Waals surface area (Å²) in [6.07, 6.45) is 1.51. The van der Waals surface area contributed by atoms with Crippen LogP contribution in [0, 0.1) is 0 Å². The third-order valence-corrected chi connectivity index (χ3v) is 0.167. The summed E-state index contributed by atoms with van der Waals surface area (Å²) in [7, 11) is 0. The van der Waals surface area contributed by atoms with Gasteiger partial charge in [0.25, 0.3) is 0 Å². The van der Waals surface area contributed by atoms with E-state index in [9.17, 15) is 4.79 Å². The molecule has 0 saturated heterocycles. The molecule has 0 aliphatic heterocycles. The average Bonchev–Trinajstić information content (AvgIpc) is 1.37. The van der Waals surface area contributed by atoms with E-state index in [2.05, 4.69) is 0 Å². The zero-order valence-electron chi connectivity index (χ0n) is 4.69. The Morgan fingerprint density at radius 3 is 2.20 bits per heavy atom. The van der Waals surface area contributed by atoms with Gasteiger partial charge in [-0.2, -0.15) is 0 Å². The maximum Gasteiger partial charge on any atom is 1.00 e. The van der Waals surface area contributed by atoms with Gasteiger partial charge in [-0.15, -0.1) is 0 Å². The minimum atomic E-state index is 0. The molecule has 0 aromatic rings. The van der Waals surface area contributed by atoms with E-state index >= 15 is 0 Å². The molecular weight excluding hydrogens is 75.0 g/mol. The van der Waals surface area contributed by atoms with E-state index < -0.39 is 0 Å². The van der Waals surface area contributed by atoms with Crippen molar-refractivity contribution in [1.82, 2.24) is 0 Å². The van der Waals surface area contributed by atoms with Gasteiger partial charge in [-0.3, -0.25) is 0 Å². The van der Waals surface area contributed by atoms with Gasteiger partial charge in [0.05, 0.1) is 0 Å². The van der Waals surface area contributed by atoms with E-state index in [1.54, 1.807) is 0 Å². The summed E-state index contributed by atoms with van der Waals surface area (Å²) in [5.41, 5.74) is 0. The van der Waals surface area contributed by atoms with E-state index in [1.165, 1.54) is 0 Å². The van der Waals surface area contributed by atoms with Crippen LogP contribution in [0.4, 0.5) is 0 Å². The predicted octanol–water partition coefficient (Wildman–Crippen LogP) is -2.29. The second-order valence-electron chi connectivity index (χ2n) is 0.575. The van der Waals surface area contributed by atoms with E-state index in [-0.39, 0.29) is 31.0 Å². The van der Waals surface area contributed by atoms with Crippen molar-refractivity contribution in [3.8, 4) is 0 Å². The number of hydrogen-bond acceptors (Lipinski definition) is 1. The molecule has 0 spiro atoms. The second kappa shape index (κ2) is 8.82. The molecule has 2 heteroatoms. The number of hydrogen-bond donors (Lipinski definition) is 0. The molecule has 0 fully saturated rings. The number of carbonyl (C=O) groups is 1. The van der Waals surface area contributed by atoms with Crippen molar-refractivity contribution < 1.29 is 35.8 Å². The fourth-order valence-electron chi connectivity index (χ4n) is 0. The van der Waals surface area contributed by atoms with Crippen LogP contribution >= 0.6 is 0 Å². The van der Waals surface area contributed by atoms with Crippen LogP contribution in [0.5, 0.6) is 0 Å². The average molecular weight is 82.1 g/mol.